The van der Waals surface area contributed by atoms with Gasteiger partial charge in [0.15, 0.2) is 11.0 Å². The Bertz CT molecular complexity index is 477. The van der Waals surface area contributed by atoms with Crippen LogP contribution in [0.5, 0.6) is 0 Å². The van der Waals surface area contributed by atoms with Gasteiger partial charge in [-0.2, -0.15) is 4.98 Å². The number of thioether (sulfide) groups is 1. The van der Waals surface area contributed by atoms with Crippen LogP contribution in [0.2, 0.25) is 0 Å². The van der Waals surface area contributed by atoms with Crippen LogP contribution in [0.3, 0.4) is 0 Å². The normalized spacial score (nSPS) is 11.3. The van der Waals surface area contributed by atoms with E-state index in [4.69, 9.17) is 4.52 Å². The highest BCUT2D eigenvalue weighted by Crippen LogP contribution is 2.19. The summed E-state index contributed by atoms with van der Waals surface area (Å²) in [5.41, 5.74) is 0. The van der Waals surface area contributed by atoms with E-state index in [-0.39, 0.29) is 0 Å². The highest BCUT2D eigenvalue weighted by molar-refractivity contribution is 7.98. The molecule has 0 fully saturated rings. The molecule has 2 aromatic rings. The predicted octanol–water partition coefficient (Wildman–Crippen LogP) is 2.29. The summed E-state index contributed by atoms with van der Waals surface area (Å²) in [6, 6.07) is 0. The van der Waals surface area contributed by atoms with Crippen molar-refractivity contribution in [3.63, 3.8) is 0 Å². The first-order valence-electron chi connectivity index (χ1n) is 5.56. The molecule has 0 bridgehead atoms. The summed E-state index contributed by atoms with van der Waals surface area (Å²) in [5.74, 6) is 2.67. The molecule has 5 nitrogen and oxygen atoms in total. The fourth-order valence-corrected chi connectivity index (χ4v) is 2.18. The number of hydrogen-bond donors (Lipinski definition) is 0. The molecule has 0 atom stereocenters. The molecule has 0 radical (unpaired) electrons. The van der Waals surface area contributed by atoms with Crippen LogP contribution in [0.15, 0.2) is 22.1 Å². The zero-order valence-electron chi connectivity index (χ0n) is 10.3. The van der Waals surface area contributed by atoms with Crippen LogP contribution in [0, 0.1) is 5.92 Å². The summed E-state index contributed by atoms with van der Waals surface area (Å²) >= 11 is 1.61. The zero-order valence-corrected chi connectivity index (χ0v) is 11.1. The second-order valence-electron chi connectivity index (χ2n) is 4.31. The lowest BCUT2D eigenvalue weighted by Gasteiger charge is -1.97. The predicted molar refractivity (Wildman–Crippen MR) is 65.6 cm³/mol. The highest BCUT2D eigenvalue weighted by Gasteiger charge is 2.09. The molecule has 0 amide bonds. The van der Waals surface area contributed by atoms with E-state index in [0.29, 0.717) is 11.7 Å². The third kappa shape index (κ3) is 3.33. The zero-order chi connectivity index (χ0) is 12.3. The van der Waals surface area contributed by atoms with Crippen LogP contribution >= 0.6 is 11.8 Å². The van der Waals surface area contributed by atoms with E-state index >= 15 is 0 Å². The summed E-state index contributed by atoms with van der Waals surface area (Å²) in [6.07, 6.45) is 4.53. The average Bonchev–Trinajstić information content (AvgIpc) is 2.84. The molecule has 2 aromatic heterocycles. The van der Waals surface area contributed by atoms with Crippen molar-refractivity contribution in [1.82, 2.24) is 19.7 Å². The Kier molecular flexibility index (Phi) is 3.83. The van der Waals surface area contributed by atoms with E-state index < -0.39 is 0 Å². The molecule has 2 heterocycles. The van der Waals surface area contributed by atoms with Crippen molar-refractivity contribution in [3.8, 4) is 0 Å². The number of imidazole rings is 1. The minimum atomic E-state index is 0.533. The van der Waals surface area contributed by atoms with E-state index in [1.165, 1.54) is 0 Å². The van der Waals surface area contributed by atoms with Gasteiger partial charge in [-0.3, -0.25) is 0 Å². The SMILES string of the molecule is CC(C)Cc1nc(CSc2nccn2C)no1. The van der Waals surface area contributed by atoms with Crippen molar-refractivity contribution in [2.45, 2.75) is 31.2 Å². The van der Waals surface area contributed by atoms with Gasteiger partial charge >= 0.3 is 0 Å². The van der Waals surface area contributed by atoms with Crippen LogP contribution < -0.4 is 0 Å². The van der Waals surface area contributed by atoms with Gasteiger partial charge in [-0.25, -0.2) is 4.98 Å². The van der Waals surface area contributed by atoms with Gasteiger partial charge < -0.3 is 9.09 Å². The molecule has 0 unspecified atom stereocenters. The molecule has 0 aliphatic carbocycles. The number of aromatic nitrogens is 4. The van der Waals surface area contributed by atoms with Crippen molar-refractivity contribution in [1.29, 1.82) is 0 Å². The monoisotopic (exact) mass is 252 g/mol. The van der Waals surface area contributed by atoms with E-state index in [0.717, 1.165) is 23.3 Å². The molecule has 17 heavy (non-hydrogen) atoms. The lowest BCUT2D eigenvalue weighted by atomic mass is 10.1. The summed E-state index contributed by atoms with van der Waals surface area (Å²) in [5, 5.41) is 4.91. The Hall–Kier alpha value is -1.30. The van der Waals surface area contributed by atoms with Crippen molar-refractivity contribution >= 4 is 11.8 Å². The van der Waals surface area contributed by atoms with Gasteiger partial charge in [0.25, 0.3) is 0 Å². The van der Waals surface area contributed by atoms with Crippen LogP contribution in [0.25, 0.3) is 0 Å². The summed E-state index contributed by atoms with van der Waals surface area (Å²) < 4.78 is 7.15. The minimum absolute atomic E-state index is 0.533. The minimum Gasteiger partial charge on any atom is -0.339 e. The van der Waals surface area contributed by atoms with Crippen molar-refractivity contribution in [3.05, 3.63) is 24.1 Å². The first-order chi connectivity index (χ1) is 8.15. The van der Waals surface area contributed by atoms with Gasteiger partial charge in [0.1, 0.15) is 0 Å². The third-order valence-corrected chi connectivity index (χ3v) is 3.25. The third-order valence-electron chi connectivity index (χ3n) is 2.20. The van der Waals surface area contributed by atoms with Gasteiger partial charge in [-0.05, 0) is 5.92 Å². The molecule has 0 saturated carbocycles. The highest BCUT2D eigenvalue weighted by atomic mass is 32.2. The Labute approximate surface area is 105 Å². The molecule has 6 heteroatoms. The molecule has 0 aliphatic rings. The average molecular weight is 252 g/mol. The maximum absolute atomic E-state index is 5.17. The first kappa shape index (κ1) is 12.2. The Balaban J connectivity index is 1.91. The topological polar surface area (TPSA) is 56.7 Å². The van der Waals surface area contributed by atoms with Gasteiger partial charge in [0.05, 0.1) is 5.75 Å². The van der Waals surface area contributed by atoms with Crippen molar-refractivity contribution < 1.29 is 4.52 Å². The molecule has 0 saturated heterocycles. The van der Waals surface area contributed by atoms with Gasteiger partial charge in [0.2, 0.25) is 5.89 Å². The van der Waals surface area contributed by atoms with E-state index in [9.17, 15) is 0 Å². The second kappa shape index (κ2) is 5.35. The second-order valence-corrected chi connectivity index (χ2v) is 5.25. The fraction of sp³-hybridized carbons (Fsp3) is 0.545. The molecule has 92 valence electrons. The number of aryl methyl sites for hydroxylation is 1. The molecule has 0 aliphatic heterocycles. The van der Waals surface area contributed by atoms with E-state index in [2.05, 4.69) is 29.0 Å². The van der Waals surface area contributed by atoms with E-state index in [1.807, 2.05) is 17.8 Å². The van der Waals surface area contributed by atoms with Crippen LogP contribution in [0.1, 0.15) is 25.6 Å². The van der Waals surface area contributed by atoms with Crippen LogP contribution in [-0.4, -0.2) is 19.7 Å². The molecule has 0 spiro atoms. The quantitative estimate of drug-likeness (QED) is 0.764. The van der Waals surface area contributed by atoms with Crippen LogP contribution in [0.4, 0.5) is 0 Å². The summed E-state index contributed by atoms with van der Waals surface area (Å²) in [7, 11) is 1.97. The van der Waals surface area contributed by atoms with Gasteiger partial charge in [0, 0.05) is 25.9 Å². The molecular formula is C11H16N4OS. The number of rotatable bonds is 5. The molecule has 2 rings (SSSR count). The Morgan fingerprint density at radius 1 is 1.47 bits per heavy atom. The lowest BCUT2D eigenvalue weighted by Crippen LogP contribution is -1.94. The molecule has 0 aromatic carbocycles. The standard InChI is InChI=1S/C11H16N4OS/c1-8(2)6-10-13-9(14-16-10)7-17-11-12-4-5-15(11)3/h4-5,8H,6-7H2,1-3H3. The van der Waals surface area contributed by atoms with E-state index in [1.54, 1.807) is 18.0 Å². The Morgan fingerprint density at radius 3 is 2.94 bits per heavy atom. The number of nitrogens with zero attached hydrogens (tertiary/aromatic N) is 4. The maximum atomic E-state index is 5.17. The lowest BCUT2D eigenvalue weighted by molar-refractivity contribution is 0.360. The molecule has 0 N–H and O–H groups in total. The first-order valence-corrected chi connectivity index (χ1v) is 6.55. The molecular weight excluding hydrogens is 236 g/mol. The Morgan fingerprint density at radius 2 is 2.29 bits per heavy atom. The van der Waals surface area contributed by atoms with Crippen LogP contribution in [-0.2, 0) is 19.2 Å². The summed E-state index contributed by atoms with van der Waals surface area (Å²) in [4.78, 5) is 8.57. The van der Waals surface area contributed by atoms with Crippen molar-refractivity contribution in [2.75, 3.05) is 0 Å². The van der Waals surface area contributed by atoms with Gasteiger partial charge in [-0.15, -0.1) is 0 Å². The summed E-state index contributed by atoms with van der Waals surface area (Å²) in [6.45, 7) is 4.26. The van der Waals surface area contributed by atoms with Crippen molar-refractivity contribution in [2.24, 2.45) is 13.0 Å². The fourth-order valence-electron chi connectivity index (χ4n) is 1.40. The smallest absolute Gasteiger partial charge is 0.226 e. The largest absolute Gasteiger partial charge is 0.339 e. The van der Waals surface area contributed by atoms with Gasteiger partial charge in [-0.1, -0.05) is 30.8 Å². The maximum Gasteiger partial charge on any atom is 0.226 e. The number of hydrogen-bond acceptors (Lipinski definition) is 5.